The van der Waals surface area contributed by atoms with E-state index in [1.54, 1.807) is 139 Å². The Labute approximate surface area is 795 Å². The van der Waals surface area contributed by atoms with Gasteiger partial charge >= 0.3 is 6.09 Å². The first-order chi connectivity index (χ1) is 61.4. The summed E-state index contributed by atoms with van der Waals surface area (Å²) in [6.45, 7) is 42.2. The van der Waals surface area contributed by atoms with Gasteiger partial charge in [0.1, 0.15) is 47.2 Å². The van der Waals surface area contributed by atoms with Gasteiger partial charge in [-0.2, -0.15) is 0 Å². The number of rotatable bonds is 12. The number of thiazole rings is 3. The van der Waals surface area contributed by atoms with Crippen molar-refractivity contribution in [2.24, 2.45) is 0 Å². The average Bonchev–Trinajstić information content (AvgIpc) is 1.64. The van der Waals surface area contributed by atoms with Gasteiger partial charge in [-0.15, -0.1) is 90.7 Å². The largest absolute Gasteiger partial charge is 0.444 e. The molecule has 0 spiro atoms. The summed E-state index contributed by atoms with van der Waals surface area (Å²) in [4.78, 5) is 67.8. The minimum absolute atomic E-state index is 0.00895. The van der Waals surface area contributed by atoms with Gasteiger partial charge in [0.15, 0.2) is 0 Å². The van der Waals surface area contributed by atoms with Gasteiger partial charge < -0.3 is 26.4 Å². The Balaban J connectivity index is 0.000000116. The maximum Gasteiger partial charge on any atom is 0.411 e. The molecule has 5 aliphatic heterocycles. The Kier molecular flexibility index (Phi) is 27.2. The Morgan fingerprint density at radius 1 is 0.473 bits per heavy atom. The molecule has 0 radical (unpaired) electrons. The zero-order valence-electron chi connectivity index (χ0n) is 74.4. The van der Waals surface area contributed by atoms with E-state index in [1.165, 1.54) is 82.4 Å². The highest BCUT2D eigenvalue weighted by atomic mass is 35.5. The van der Waals surface area contributed by atoms with Crippen LogP contribution in [0.5, 0.6) is 0 Å². The number of halogens is 6. The highest BCUT2D eigenvalue weighted by molar-refractivity contribution is 7.21. The zero-order chi connectivity index (χ0) is 91.6. The average molecular weight is 1940 g/mol. The van der Waals surface area contributed by atoms with Crippen molar-refractivity contribution >= 4 is 264 Å². The number of pyridine rings is 5. The number of nitrogens with two attached hydrogens (primary N) is 1. The molecular formula is C97H100Cl3F3N16O2S8. The predicted molar refractivity (Wildman–Crippen MR) is 545 cm³/mol. The molecule has 1 saturated heterocycles. The topological polar surface area (TPSA) is 204 Å². The summed E-state index contributed by atoms with van der Waals surface area (Å²) in [5.74, 6) is -0.433. The second kappa shape index (κ2) is 37.6. The number of likely N-dealkylation sites (tertiary alicyclic amines) is 1. The van der Waals surface area contributed by atoms with Crippen LogP contribution < -0.4 is 21.7 Å². The number of anilines is 5. The van der Waals surface area contributed by atoms with Crippen LogP contribution in [0.4, 0.5) is 46.4 Å². The molecule has 18 heterocycles. The third-order valence-electron chi connectivity index (χ3n) is 24.7. The van der Waals surface area contributed by atoms with Crippen molar-refractivity contribution in [1.82, 2.24) is 64.8 Å². The molecule has 5 aliphatic rings. The number of aromatic nitrogens is 8. The van der Waals surface area contributed by atoms with Gasteiger partial charge in [-0.05, 0) is 242 Å². The molecule has 18 nitrogen and oxygen atoms in total. The number of amides is 1. The molecule has 16 aromatic rings. The fourth-order valence-electron chi connectivity index (χ4n) is 17.4. The van der Waals surface area contributed by atoms with Crippen LogP contribution >= 0.6 is 125 Å². The third kappa shape index (κ3) is 19.2. The fraction of sp³-hybridized carbons (Fsp3) is 0.330. The van der Waals surface area contributed by atoms with Crippen molar-refractivity contribution in [1.29, 1.82) is 0 Å². The van der Waals surface area contributed by atoms with Crippen molar-refractivity contribution in [2.45, 2.75) is 156 Å². The quantitative estimate of drug-likeness (QED) is 0.0840. The number of ether oxygens (including phenoxy) is 1. The van der Waals surface area contributed by atoms with Gasteiger partial charge in [0, 0.05) is 137 Å². The van der Waals surface area contributed by atoms with E-state index in [0.717, 1.165) is 166 Å². The first-order valence-corrected chi connectivity index (χ1v) is 50.4. The van der Waals surface area contributed by atoms with Gasteiger partial charge in [-0.1, -0.05) is 79.9 Å². The zero-order valence-corrected chi connectivity index (χ0v) is 83.2. The standard InChI is InChI=1S/C22H23FN4S2.C22H21FN4S2.C18H21ClN2O2S.C15H17ClN2S.C13H13ClN2S.C7H5FN2S/c2*1-4-27-8-6-14(22(27,2)3)19-9-13-16(5-7-24-21(13)29-19)26-17-11-18-20(10-15(17)23)28-12-25-18;1-17(2,3)23-16(22)21-9-7-12(18(21,4)5)14-10-11-13(19)6-8-20-15(11)24-14;1-4-18-8-6-11(15(18,2)3)13-9-10-12(16)5-7-17-14(10)19-13;1-13(2)9(3-6-16-13)11-7-8-10(14)4-5-15-12(8)17-11;8-4-1-7-6(2-5(4)9)10-3-11-7/h5,7,9-12,14H,4,6,8H2,1-3H3,(H,24,26);5-7,9-12H,4,8H2,1-3H3,(H,24,26);6-8,10H,9H2,1-5H3;5-7,9H,4,8H2,1-3H3;3-5,7,16H,6H2,1-2H3;1-3H,9H2. The van der Waals surface area contributed by atoms with Crippen molar-refractivity contribution in [3.63, 3.8) is 0 Å². The van der Waals surface area contributed by atoms with Gasteiger partial charge in [-0.25, -0.2) is 57.8 Å². The van der Waals surface area contributed by atoms with E-state index in [4.69, 9.17) is 45.3 Å². The van der Waals surface area contributed by atoms with E-state index in [1.807, 2.05) is 58.9 Å². The van der Waals surface area contributed by atoms with Crippen molar-refractivity contribution in [3.8, 4) is 0 Å². The minimum Gasteiger partial charge on any atom is -0.444 e. The first kappa shape index (κ1) is 93.3. The highest BCUT2D eigenvalue weighted by Crippen LogP contribution is 2.50. The maximum absolute atomic E-state index is 14.6. The van der Waals surface area contributed by atoms with E-state index >= 15 is 0 Å². The minimum atomic E-state index is -0.509. The van der Waals surface area contributed by atoms with Crippen LogP contribution in [0.3, 0.4) is 0 Å². The number of fused-ring (bicyclic) bond motifs is 8. The van der Waals surface area contributed by atoms with Crippen LogP contribution in [0.1, 0.15) is 148 Å². The lowest BCUT2D eigenvalue weighted by Gasteiger charge is -2.35. The lowest BCUT2D eigenvalue weighted by Crippen LogP contribution is -2.46. The van der Waals surface area contributed by atoms with E-state index in [-0.39, 0.29) is 51.4 Å². The summed E-state index contributed by atoms with van der Waals surface area (Å²) < 4.78 is 50.1. The van der Waals surface area contributed by atoms with E-state index in [0.29, 0.717) is 28.9 Å². The molecule has 3 aromatic carbocycles. The van der Waals surface area contributed by atoms with E-state index in [2.05, 4.69) is 201 Å². The molecule has 0 aliphatic carbocycles. The number of nitrogens with one attached hydrogen (secondary N) is 3. The SMILES string of the molecule is CC(C)(C)OC(=O)N1CC=C(c2cc3c(Cl)ccnc3s2)C1(C)C.CC1(C)NCC=C1c1cc2c(Cl)ccnc2s1.CCN1CC=C(c2cc3c(Cl)ccnc3s2)C1(C)C.CCN1CC=C(c2cc3c(Nc4cc5ncsc5cc4F)ccnc3s2)C1(C)C.CCN1CCC(c2cc3c(Nc4cc5ncsc5cc4F)ccnc3s2)C1(C)C.Nc1cc2ncsc2cc1F. The molecule has 1 amide bonds. The summed E-state index contributed by atoms with van der Waals surface area (Å²) in [7, 11) is 0. The summed E-state index contributed by atoms with van der Waals surface area (Å²) >= 11 is 31.5. The number of carbonyl (C=O) groups is 1. The Morgan fingerprint density at radius 3 is 1.27 bits per heavy atom. The number of hydrogen-bond donors (Lipinski definition) is 4. The van der Waals surface area contributed by atoms with Gasteiger partial charge in [0.2, 0.25) is 0 Å². The molecule has 1 atom stereocenters. The molecular weight excluding hydrogens is 1840 g/mol. The lowest BCUT2D eigenvalue weighted by atomic mass is 9.87. The van der Waals surface area contributed by atoms with Crippen LogP contribution in [0, 0.1) is 17.5 Å². The molecule has 1 unspecified atom stereocenters. The normalized spacial score (nSPS) is 17.5. The number of carbonyl (C=O) groups excluding carboxylic acids is 1. The smallest absolute Gasteiger partial charge is 0.411 e. The molecule has 129 heavy (non-hydrogen) atoms. The maximum atomic E-state index is 14.6. The Bertz CT molecular complexity index is 7010. The number of benzene rings is 3. The van der Waals surface area contributed by atoms with Gasteiger partial charge in [-0.3, -0.25) is 19.6 Å². The van der Waals surface area contributed by atoms with Crippen LogP contribution in [0.15, 0.2) is 169 Å². The summed E-state index contributed by atoms with van der Waals surface area (Å²) in [5.41, 5.74) is 20.1. The number of likely N-dealkylation sites (N-methyl/N-ethyl adjacent to an activating group) is 3. The van der Waals surface area contributed by atoms with Crippen LogP contribution in [0.25, 0.3) is 104 Å². The molecule has 21 rings (SSSR count). The third-order valence-corrected chi connectivity index (χ3v) is 33.5. The van der Waals surface area contributed by atoms with Crippen molar-refractivity contribution in [3.05, 3.63) is 226 Å². The van der Waals surface area contributed by atoms with Gasteiger partial charge in [0.25, 0.3) is 0 Å². The Hall–Kier alpha value is -8.99. The van der Waals surface area contributed by atoms with Crippen LogP contribution in [-0.4, -0.2) is 151 Å². The molecule has 13 aromatic heterocycles. The molecule has 32 heteroatoms. The van der Waals surface area contributed by atoms with Crippen molar-refractivity contribution < 1.29 is 22.7 Å². The summed E-state index contributed by atoms with van der Waals surface area (Å²) in [6, 6.07) is 29.7. The monoisotopic (exact) mass is 1940 g/mol. The molecule has 0 bridgehead atoms. The number of nitrogen functional groups attached to an aromatic ring is 1. The molecule has 5 N–H and O–H groups in total. The van der Waals surface area contributed by atoms with E-state index in [9.17, 15) is 18.0 Å². The Morgan fingerprint density at radius 2 is 0.860 bits per heavy atom. The molecule has 670 valence electrons. The van der Waals surface area contributed by atoms with Crippen LogP contribution in [0.2, 0.25) is 15.1 Å². The fourth-order valence-corrected chi connectivity index (χ4v) is 26.5. The number of thiophene rings is 5. The van der Waals surface area contributed by atoms with Crippen molar-refractivity contribution in [2.75, 3.05) is 68.7 Å². The van der Waals surface area contributed by atoms with Crippen LogP contribution in [-0.2, 0) is 4.74 Å². The molecule has 0 saturated carbocycles. The molecule has 1 fully saturated rings. The predicted octanol–water partition coefficient (Wildman–Crippen LogP) is 28.2. The number of hydrogen-bond acceptors (Lipinski definition) is 25. The second-order valence-corrected chi connectivity index (χ2v) is 44.5. The summed E-state index contributed by atoms with van der Waals surface area (Å²) in [6.07, 6.45) is 18.7. The number of nitrogens with zero attached hydrogens (tertiary/aromatic N) is 12. The summed E-state index contributed by atoms with van der Waals surface area (Å²) in [5, 5.41) is 17.4. The van der Waals surface area contributed by atoms with Gasteiger partial charge in [0.05, 0.1) is 96.2 Å². The lowest BCUT2D eigenvalue weighted by molar-refractivity contribution is 0.0172. The highest BCUT2D eigenvalue weighted by Gasteiger charge is 2.44. The first-order valence-electron chi connectivity index (χ1n) is 42.5. The second-order valence-electron chi connectivity index (χ2n) is 35.4. The van der Waals surface area contributed by atoms with E-state index < -0.39 is 11.1 Å².